The molecule has 0 unspecified atom stereocenters. The number of benzene rings is 1. The lowest BCUT2D eigenvalue weighted by Gasteiger charge is -2.09. The average molecular weight is 275 g/mol. The molecule has 0 aliphatic heterocycles. The quantitative estimate of drug-likeness (QED) is 0.761. The Morgan fingerprint density at radius 3 is 2.67 bits per heavy atom. The minimum Gasteiger partial charge on any atom is -0.545 e. The predicted molar refractivity (Wildman–Crippen MR) is 52.9 cm³/mol. The third-order valence-electron chi connectivity index (χ3n) is 1.69. The van der Waals surface area contributed by atoms with E-state index in [0.717, 1.165) is 15.6 Å². The van der Waals surface area contributed by atoms with Gasteiger partial charge in [0.1, 0.15) is 0 Å². The van der Waals surface area contributed by atoms with Crippen LogP contribution in [0.3, 0.4) is 0 Å². The Bertz CT molecular complexity index is 307. The fourth-order valence-corrected chi connectivity index (χ4v) is 1.99. The summed E-state index contributed by atoms with van der Waals surface area (Å²) >= 11 is 2.13. The van der Waals surface area contributed by atoms with Gasteiger partial charge in [0, 0.05) is 9.13 Å². The Kier molecular flexibility index (Phi) is 3.08. The molecule has 2 nitrogen and oxygen atoms in total. The van der Waals surface area contributed by atoms with E-state index in [1.165, 1.54) is 0 Å². The first-order valence-corrected chi connectivity index (χ1v) is 4.73. The van der Waals surface area contributed by atoms with Gasteiger partial charge in [-0.1, -0.05) is 19.1 Å². The molecule has 0 aliphatic carbocycles. The van der Waals surface area contributed by atoms with Crippen LogP contribution in [0.15, 0.2) is 18.2 Å². The summed E-state index contributed by atoms with van der Waals surface area (Å²) in [4.78, 5) is 10.6. The highest BCUT2D eigenvalue weighted by Gasteiger charge is 2.03. The fraction of sp³-hybridized carbons (Fsp3) is 0.222. The van der Waals surface area contributed by atoms with Crippen LogP contribution in [0.5, 0.6) is 0 Å². The summed E-state index contributed by atoms with van der Waals surface area (Å²) in [7, 11) is 0. The summed E-state index contributed by atoms with van der Waals surface area (Å²) < 4.78 is 0.983. The molecule has 0 spiro atoms. The van der Waals surface area contributed by atoms with E-state index in [1.54, 1.807) is 12.1 Å². The number of carbonyl (C=O) groups excluding carboxylic acids is 1. The van der Waals surface area contributed by atoms with Crippen LogP contribution >= 0.6 is 22.6 Å². The molecule has 1 rings (SSSR count). The number of carboxylic acids is 1. The summed E-state index contributed by atoms with van der Waals surface area (Å²) in [6.07, 6.45) is 0.725. The summed E-state index contributed by atoms with van der Waals surface area (Å²) in [6, 6.07) is 5.20. The molecule has 1 aromatic rings. The van der Waals surface area contributed by atoms with Crippen molar-refractivity contribution in [3.8, 4) is 0 Å². The lowest BCUT2D eigenvalue weighted by atomic mass is 10.1. The maximum absolute atomic E-state index is 10.6. The molecule has 0 atom stereocenters. The smallest absolute Gasteiger partial charge is 0.0718 e. The molecular weight excluding hydrogens is 267 g/mol. The molecule has 0 fully saturated rings. The second-order valence-electron chi connectivity index (χ2n) is 2.41. The SMILES string of the molecule is CCc1c(I)cccc1C(=O)[O-]. The molecule has 0 aromatic heterocycles. The Morgan fingerprint density at radius 2 is 2.25 bits per heavy atom. The van der Waals surface area contributed by atoms with Crippen LogP contribution in [0.4, 0.5) is 0 Å². The molecule has 64 valence electrons. The average Bonchev–Trinajstić information content (AvgIpc) is 2.03. The minimum absolute atomic E-state index is 0.310. The Balaban J connectivity index is 3.27. The van der Waals surface area contributed by atoms with Crippen molar-refractivity contribution in [2.24, 2.45) is 0 Å². The van der Waals surface area contributed by atoms with E-state index >= 15 is 0 Å². The normalized spacial score (nSPS) is 9.83. The zero-order chi connectivity index (χ0) is 9.14. The summed E-state index contributed by atoms with van der Waals surface area (Å²) in [5.41, 5.74) is 1.17. The number of halogens is 1. The molecule has 0 saturated heterocycles. The van der Waals surface area contributed by atoms with Crippen LogP contribution in [0.1, 0.15) is 22.8 Å². The van der Waals surface area contributed by atoms with Crippen molar-refractivity contribution in [2.75, 3.05) is 0 Å². The lowest BCUT2D eigenvalue weighted by Crippen LogP contribution is -2.24. The van der Waals surface area contributed by atoms with Gasteiger partial charge in [0.05, 0.1) is 5.97 Å². The Labute approximate surface area is 84.7 Å². The van der Waals surface area contributed by atoms with Gasteiger partial charge in [-0.3, -0.25) is 0 Å². The number of hydrogen-bond acceptors (Lipinski definition) is 2. The van der Waals surface area contributed by atoms with Gasteiger partial charge in [0.25, 0.3) is 0 Å². The number of carboxylic acid groups (broad SMARTS) is 1. The molecule has 0 N–H and O–H groups in total. The van der Waals surface area contributed by atoms with Gasteiger partial charge in [0.15, 0.2) is 0 Å². The van der Waals surface area contributed by atoms with E-state index in [9.17, 15) is 9.90 Å². The first kappa shape index (κ1) is 9.51. The maximum atomic E-state index is 10.6. The molecule has 0 saturated carbocycles. The zero-order valence-electron chi connectivity index (χ0n) is 6.63. The topological polar surface area (TPSA) is 40.1 Å². The first-order valence-electron chi connectivity index (χ1n) is 3.65. The van der Waals surface area contributed by atoms with Crippen molar-refractivity contribution in [1.29, 1.82) is 0 Å². The minimum atomic E-state index is -1.09. The Morgan fingerprint density at radius 1 is 1.58 bits per heavy atom. The molecule has 0 aliphatic rings. The van der Waals surface area contributed by atoms with Crippen molar-refractivity contribution in [3.63, 3.8) is 0 Å². The number of rotatable bonds is 2. The van der Waals surface area contributed by atoms with E-state index in [1.807, 2.05) is 13.0 Å². The monoisotopic (exact) mass is 275 g/mol. The summed E-state index contributed by atoms with van der Waals surface area (Å²) in [5.74, 6) is -1.09. The van der Waals surface area contributed by atoms with Crippen LogP contribution < -0.4 is 5.11 Å². The van der Waals surface area contributed by atoms with Crippen LogP contribution in [-0.4, -0.2) is 5.97 Å². The standard InChI is InChI=1S/C9H9IO2/c1-2-6-7(9(11)12)4-3-5-8(6)10/h3-5H,2H2,1H3,(H,11,12)/p-1. The van der Waals surface area contributed by atoms with Gasteiger partial charge in [-0.05, 0) is 40.6 Å². The van der Waals surface area contributed by atoms with E-state index in [2.05, 4.69) is 22.6 Å². The number of carbonyl (C=O) groups is 1. The van der Waals surface area contributed by atoms with Crippen molar-refractivity contribution < 1.29 is 9.90 Å². The molecule has 0 radical (unpaired) electrons. The van der Waals surface area contributed by atoms with Crippen molar-refractivity contribution >= 4 is 28.6 Å². The summed E-state index contributed by atoms with van der Waals surface area (Å²) in [5, 5.41) is 10.6. The molecule has 12 heavy (non-hydrogen) atoms. The van der Waals surface area contributed by atoms with Gasteiger partial charge in [-0.2, -0.15) is 0 Å². The van der Waals surface area contributed by atoms with Crippen LogP contribution in [0.2, 0.25) is 0 Å². The van der Waals surface area contributed by atoms with E-state index in [0.29, 0.717) is 5.56 Å². The second-order valence-corrected chi connectivity index (χ2v) is 3.57. The van der Waals surface area contributed by atoms with Crippen molar-refractivity contribution in [3.05, 3.63) is 32.9 Å². The fourth-order valence-electron chi connectivity index (χ4n) is 1.11. The largest absolute Gasteiger partial charge is 0.545 e. The molecule has 0 bridgehead atoms. The van der Waals surface area contributed by atoms with E-state index in [4.69, 9.17) is 0 Å². The third-order valence-corrected chi connectivity index (χ3v) is 2.70. The molecule has 3 heteroatoms. The molecule has 1 aromatic carbocycles. The van der Waals surface area contributed by atoms with E-state index < -0.39 is 5.97 Å². The third kappa shape index (κ3) is 1.77. The van der Waals surface area contributed by atoms with Crippen molar-refractivity contribution in [2.45, 2.75) is 13.3 Å². The molecule has 0 amide bonds. The van der Waals surface area contributed by atoms with Gasteiger partial charge in [-0.25, -0.2) is 0 Å². The lowest BCUT2D eigenvalue weighted by molar-refractivity contribution is -0.255. The van der Waals surface area contributed by atoms with E-state index in [-0.39, 0.29) is 0 Å². The molecular formula is C9H8IO2-. The highest BCUT2D eigenvalue weighted by molar-refractivity contribution is 14.1. The summed E-state index contributed by atoms with van der Waals surface area (Å²) in [6.45, 7) is 1.93. The predicted octanol–water partition coefficient (Wildman–Crippen LogP) is 1.22. The highest BCUT2D eigenvalue weighted by Crippen LogP contribution is 2.16. The number of aromatic carboxylic acids is 1. The molecule has 0 heterocycles. The highest BCUT2D eigenvalue weighted by atomic mass is 127. The van der Waals surface area contributed by atoms with Crippen LogP contribution in [-0.2, 0) is 6.42 Å². The van der Waals surface area contributed by atoms with Crippen molar-refractivity contribution in [1.82, 2.24) is 0 Å². The van der Waals surface area contributed by atoms with Gasteiger partial charge < -0.3 is 9.90 Å². The van der Waals surface area contributed by atoms with Crippen LogP contribution in [0, 0.1) is 3.57 Å². The maximum Gasteiger partial charge on any atom is 0.0718 e. The van der Waals surface area contributed by atoms with Gasteiger partial charge in [0.2, 0.25) is 0 Å². The van der Waals surface area contributed by atoms with Crippen LogP contribution in [0.25, 0.3) is 0 Å². The van der Waals surface area contributed by atoms with Gasteiger partial charge in [-0.15, -0.1) is 0 Å². The zero-order valence-corrected chi connectivity index (χ0v) is 8.79. The second kappa shape index (κ2) is 3.89. The Hall–Kier alpha value is -0.580. The number of hydrogen-bond donors (Lipinski definition) is 0. The van der Waals surface area contributed by atoms with Gasteiger partial charge >= 0.3 is 0 Å². The first-order chi connectivity index (χ1) is 5.66.